The standard InChI is InChI=1S/C20H25N5OS.2ClH/c1-12(2)25-19-15(10-22-25)14(9-16(23-19)18-5-4-8-27-18)20(26)24-17-11-21-7-6-13(17)3;;/h4-5,8-10,12-13,17,21H,6-7,11H2,1-3H3,(H,24,26);2*1H. The summed E-state index contributed by atoms with van der Waals surface area (Å²) in [5.41, 5.74) is 2.23. The van der Waals surface area contributed by atoms with Crippen LogP contribution < -0.4 is 10.6 Å². The van der Waals surface area contributed by atoms with Gasteiger partial charge in [-0.15, -0.1) is 36.2 Å². The van der Waals surface area contributed by atoms with Crippen LogP contribution in [0.5, 0.6) is 0 Å². The molecule has 1 aliphatic heterocycles. The van der Waals surface area contributed by atoms with Crippen molar-refractivity contribution >= 4 is 53.1 Å². The van der Waals surface area contributed by atoms with Gasteiger partial charge in [0.1, 0.15) is 0 Å². The molecule has 1 saturated heterocycles. The fourth-order valence-corrected chi connectivity index (χ4v) is 4.25. The average molecular weight is 456 g/mol. The maximum absolute atomic E-state index is 13.2. The van der Waals surface area contributed by atoms with Crippen LogP contribution in [-0.4, -0.2) is 39.8 Å². The monoisotopic (exact) mass is 455 g/mol. The van der Waals surface area contributed by atoms with Crippen LogP contribution in [0.25, 0.3) is 21.6 Å². The van der Waals surface area contributed by atoms with Gasteiger partial charge in [0.2, 0.25) is 0 Å². The van der Waals surface area contributed by atoms with E-state index in [-0.39, 0.29) is 42.8 Å². The number of nitrogens with one attached hydrogen (secondary N) is 2. The molecule has 0 saturated carbocycles. The molecule has 2 N–H and O–H groups in total. The van der Waals surface area contributed by atoms with Crippen LogP contribution in [0.1, 0.15) is 43.6 Å². The molecular weight excluding hydrogens is 429 g/mol. The Morgan fingerprint density at radius 3 is 2.83 bits per heavy atom. The third-order valence-corrected chi connectivity index (χ3v) is 6.11. The molecule has 3 aromatic rings. The Kier molecular flexibility index (Phi) is 8.05. The number of carbonyl (C=O) groups is 1. The molecular formula is C20H27Cl2N5OS. The number of hydrogen-bond acceptors (Lipinski definition) is 5. The van der Waals surface area contributed by atoms with Crippen LogP contribution in [0.15, 0.2) is 29.8 Å². The van der Waals surface area contributed by atoms with E-state index in [9.17, 15) is 4.79 Å². The topological polar surface area (TPSA) is 71.8 Å². The van der Waals surface area contributed by atoms with Crippen LogP contribution in [0.3, 0.4) is 0 Å². The number of halogens is 2. The lowest BCUT2D eigenvalue weighted by Gasteiger charge is -2.30. The highest BCUT2D eigenvalue weighted by molar-refractivity contribution is 7.13. The Balaban J connectivity index is 0.00000150. The zero-order chi connectivity index (χ0) is 19.0. The largest absolute Gasteiger partial charge is 0.348 e. The van der Waals surface area contributed by atoms with E-state index in [1.54, 1.807) is 17.5 Å². The van der Waals surface area contributed by atoms with Crippen molar-refractivity contribution in [1.29, 1.82) is 0 Å². The van der Waals surface area contributed by atoms with Crippen molar-refractivity contribution in [3.8, 4) is 10.6 Å². The highest BCUT2D eigenvalue weighted by Gasteiger charge is 2.25. The summed E-state index contributed by atoms with van der Waals surface area (Å²) < 4.78 is 1.88. The van der Waals surface area contributed by atoms with Gasteiger partial charge in [0.15, 0.2) is 5.65 Å². The van der Waals surface area contributed by atoms with Gasteiger partial charge in [-0.3, -0.25) is 4.79 Å². The summed E-state index contributed by atoms with van der Waals surface area (Å²) in [6.45, 7) is 8.16. The summed E-state index contributed by atoms with van der Waals surface area (Å²) in [6, 6.07) is 6.24. The van der Waals surface area contributed by atoms with Crippen molar-refractivity contribution in [1.82, 2.24) is 25.4 Å². The second kappa shape index (κ2) is 9.89. The molecule has 1 amide bonds. The van der Waals surface area contributed by atoms with Gasteiger partial charge in [0.25, 0.3) is 5.91 Å². The third kappa shape index (κ3) is 4.74. The van der Waals surface area contributed by atoms with Crippen LogP contribution in [-0.2, 0) is 0 Å². The van der Waals surface area contributed by atoms with Crippen molar-refractivity contribution in [2.24, 2.45) is 5.92 Å². The molecule has 1 aliphatic rings. The summed E-state index contributed by atoms with van der Waals surface area (Å²) in [5.74, 6) is 0.409. The summed E-state index contributed by atoms with van der Waals surface area (Å²) in [7, 11) is 0. The Labute approximate surface area is 187 Å². The molecule has 3 aromatic heterocycles. The second-order valence-electron chi connectivity index (χ2n) is 7.50. The lowest BCUT2D eigenvalue weighted by atomic mass is 9.94. The number of hydrogen-bond donors (Lipinski definition) is 2. The number of rotatable bonds is 4. The fraction of sp³-hybridized carbons (Fsp3) is 0.450. The molecule has 4 rings (SSSR count). The molecule has 4 heterocycles. The molecule has 0 bridgehead atoms. The Hall–Kier alpha value is -1.67. The number of nitrogens with zero attached hydrogens (tertiary/aromatic N) is 3. The first-order chi connectivity index (χ1) is 13.0. The van der Waals surface area contributed by atoms with E-state index in [0.29, 0.717) is 11.5 Å². The van der Waals surface area contributed by atoms with Crippen LogP contribution in [0.2, 0.25) is 0 Å². The van der Waals surface area contributed by atoms with Gasteiger partial charge < -0.3 is 10.6 Å². The quantitative estimate of drug-likeness (QED) is 0.614. The molecule has 9 heteroatoms. The Morgan fingerprint density at radius 2 is 2.17 bits per heavy atom. The first-order valence-corrected chi connectivity index (χ1v) is 10.4. The summed E-state index contributed by atoms with van der Waals surface area (Å²) in [6.07, 6.45) is 2.83. The lowest BCUT2D eigenvalue weighted by molar-refractivity contribution is 0.0917. The number of amides is 1. The molecule has 29 heavy (non-hydrogen) atoms. The van der Waals surface area contributed by atoms with Crippen LogP contribution in [0, 0.1) is 5.92 Å². The van der Waals surface area contributed by atoms with E-state index in [0.717, 1.165) is 41.1 Å². The van der Waals surface area contributed by atoms with E-state index in [1.165, 1.54) is 0 Å². The minimum Gasteiger partial charge on any atom is -0.348 e. The molecule has 0 radical (unpaired) electrons. The highest BCUT2D eigenvalue weighted by Crippen LogP contribution is 2.29. The number of carbonyl (C=O) groups excluding carboxylic acids is 1. The molecule has 0 spiro atoms. The van der Waals surface area contributed by atoms with Gasteiger partial charge in [0, 0.05) is 18.6 Å². The Bertz CT molecular complexity index is 957. The number of thiophene rings is 1. The van der Waals surface area contributed by atoms with E-state index >= 15 is 0 Å². The molecule has 2 unspecified atom stereocenters. The molecule has 158 valence electrons. The average Bonchev–Trinajstić information content (AvgIpc) is 3.32. The number of fused-ring (bicyclic) bond motifs is 1. The van der Waals surface area contributed by atoms with Gasteiger partial charge in [-0.2, -0.15) is 5.10 Å². The smallest absolute Gasteiger partial charge is 0.252 e. The summed E-state index contributed by atoms with van der Waals surface area (Å²) in [5, 5.41) is 13.9. The Morgan fingerprint density at radius 1 is 1.38 bits per heavy atom. The van der Waals surface area contributed by atoms with Crippen molar-refractivity contribution in [3.63, 3.8) is 0 Å². The molecule has 1 fully saturated rings. The maximum Gasteiger partial charge on any atom is 0.252 e. The predicted octanol–water partition coefficient (Wildman–Crippen LogP) is 4.31. The SMILES string of the molecule is CC1CCNCC1NC(=O)c1cc(-c2cccs2)nc2c1cnn2C(C)C.Cl.Cl. The lowest BCUT2D eigenvalue weighted by Crippen LogP contribution is -2.50. The van der Waals surface area contributed by atoms with E-state index in [4.69, 9.17) is 4.98 Å². The summed E-state index contributed by atoms with van der Waals surface area (Å²) >= 11 is 1.62. The zero-order valence-corrected chi connectivity index (χ0v) is 19.2. The minimum atomic E-state index is -0.0518. The minimum absolute atomic E-state index is 0. The molecule has 2 atom stereocenters. The zero-order valence-electron chi connectivity index (χ0n) is 16.7. The van der Waals surface area contributed by atoms with Gasteiger partial charge >= 0.3 is 0 Å². The maximum atomic E-state index is 13.2. The fourth-order valence-electron chi connectivity index (χ4n) is 3.56. The highest BCUT2D eigenvalue weighted by atomic mass is 35.5. The van der Waals surface area contributed by atoms with Gasteiger partial charge in [-0.25, -0.2) is 9.67 Å². The predicted molar refractivity (Wildman–Crippen MR) is 124 cm³/mol. The van der Waals surface area contributed by atoms with Crippen LogP contribution >= 0.6 is 36.2 Å². The second-order valence-corrected chi connectivity index (χ2v) is 8.45. The van der Waals surface area contributed by atoms with Gasteiger partial charge in [-0.1, -0.05) is 13.0 Å². The normalized spacial score (nSPS) is 18.9. The number of aromatic nitrogens is 3. The van der Waals surface area contributed by atoms with Crippen molar-refractivity contribution in [2.45, 2.75) is 39.3 Å². The number of pyridine rings is 1. The molecule has 0 aromatic carbocycles. The van der Waals surface area contributed by atoms with Crippen LogP contribution in [0.4, 0.5) is 0 Å². The van der Waals surface area contributed by atoms with Crippen molar-refractivity contribution in [3.05, 3.63) is 35.3 Å². The molecule has 0 aliphatic carbocycles. The molecule has 6 nitrogen and oxygen atoms in total. The first-order valence-electron chi connectivity index (χ1n) is 9.48. The summed E-state index contributed by atoms with van der Waals surface area (Å²) in [4.78, 5) is 19.0. The van der Waals surface area contributed by atoms with E-state index in [2.05, 4.69) is 36.5 Å². The van der Waals surface area contributed by atoms with Crippen molar-refractivity contribution in [2.75, 3.05) is 13.1 Å². The third-order valence-electron chi connectivity index (χ3n) is 5.22. The van der Waals surface area contributed by atoms with E-state index in [1.807, 2.05) is 28.3 Å². The van der Waals surface area contributed by atoms with Gasteiger partial charge in [0.05, 0.1) is 27.7 Å². The van der Waals surface area contributed by atoms with Crippen molar-refractivity contribution < 1.29 is 4.79 Å². The van der Waals surface area contributed by atoms with E-state index < -0.39 is 0 Å². The first kappa shape index (κ1) is 23.6. The van der Waals surface area contributed by atoms with Gasteiger partial charge in [-0.05, 0) is 50.2 Å². The number of piperidine rings is 1.